The van der Waals surface area contributed by atoms with E-state index >= 15 is 4.39 Å². The van der Waals surface area contributed by atoms with E-state index in [1.54, 1.807) is 18.2 Å². The van der Waals surface area contributed by atoms with Gasteiger partial charge >= 0.3 is 18.1 Å². The highest BCUT2D eigenvalue weighted by Gasteiger charge is 2.42. The van der Waals surface area contributed by atoms with Crippen molar-refractivity contribution >= 4 is 29.2 Å². The number of methoxy groups -OCH3 is 2. The Bertz CT molecular complexity index is 1500. The second-order valence-electron chi connectivity index (χ2n) is 11.5. The Morgan fingerprint density at radius 3 is 2.20 bits per heavy atom. The summed E-state index contributed by atoms with van der Waals surface area (Å²) in [5, 5.41) is 8.59. The third-order valence-electron chi connectivity index (χ3n) is 7.36. The molecule has 0 atom stereocenters. The molecule has 14 heteroatoms. The van der Waals surface area contributed by atoms with Crippen molar-refractivity contribution in [3.05, 3.63) is 46.3 Å². The van der Waals surface area contributed by atoms with Gasteiger partial charge in [-0.05, 0) is 42.0 Å². The highest BCUT2D eigenvalue weighted by atomic mass is 19.4. The molecule has 2 aromatic carbocycles. The van der Waals surface area contributed by atoms with Crippen LogP contribution in [0.2, 0.25) is 0 Å². The molecule has 0 radical (unpaired) electrons. The lowest BCUT2D eigenvalue weighted by molar-refractivity contribution is -0.202. The molecular weight excluding hydrogens is 590 g/mol. The molecule has 2 aliphatic heterocycles. The zero-order valence-electron chi connectivity index (χ0n) is 24.9. The van der Waals surface area contributed by atoms with Crippen LogP contribution >= 0.6 is 0 Å². The summed E-state index contributed by atoms with van der Waals surface area (Å²) < 4.78 is 72.8. The monoisotopic (exact) mass is 623 g/mol. The summed E-state index contributed by atoms with van der Waals surface area (Å²) in [6, 6.07) is 4.71. The fourth-order valence-electron chi connectivity index (χ4n) is 5.22. The van der Waals surface area contributed by atoms with Crippen LogP contribution in [0.1, 0.15) is 60.7 Å². The van der Waals surface area contributed by atoms with E-state index in [0.29, 0.717) is 29.9 Å². The number of nitrogens with zero attached hydrogens (tertiary/aromatic N) is 2. The zero-order chi connectivity index (χ0) is 32.6. The van der Waals surface area contributed by atoms with Gasteiger partial charge in [-0.15, -0.1) is 0 Å². The molecule has 0 spiro atoms. The first-order valence-electron chi connectivity index (χ1n) is 13.7. The summed E-state index contributed by atoms with van der Waals surface area (Å²) in [5.74, 6) is -5.29. The van der Waals surface area contributed by atoms with E-state index in [1.165, 1.54) is 19.1 Å². The molecule has 1 N–H and O–H groups in total. The third kappa shape index (κ3) is 6.58. The number of nitrogens with one attached hydrogen (secondary N) is 1. The number of anilines is 1. The molecule has 44 heavy (non-hydrogen) atoms. The van der Waals surface area contributed by atoms with Crippen LogP contribution in [0.25, 0.3) is 0 Å². The predicted molar refractivity (Wildman–Crippen MR) is 150 cm³/mol. The molecule has 0 saturated carbocycles. The largest absolute Gasteiger partial charge is 0.493 e. The SMILES string of the molecule is COc1cc2c(c(F)c1OC)C(=N)N(CC(=O)c1cc(N3CCCC3)c(OCC(=O)OC(=O)C(F)(F)F)c(C(C)(C)C)c1)C2. The number of ketones is 1. The molecule has 10 nitrogen and oxygen atoms in total. The smallest absolute Gasteiger partial charge is 0.491 e. The van der Waals surface area contributed by atoms with Crippen molar-refractivity contribution in [2.75, 3.05) is 45.4 Å². The highest BCUT2D eigenvalue weighted by Crippen LogP contribution is 2.42. The Kier molecular flexibility index (Phi) is 9.12. The fraction of sp³-hybridized carbons (Fsp3) is 0.467. The summed E-state index contributed by atoms with van der Waals surface area (Å²) in [5.41, 5.74) is 1.01. The van der Waals surface area contributed by atoms with Gasteiger partial charge in [-0.1, -0.05) is 20.8 Å². The molecule has 0 amide bonds. The number of alkyl halides is 3. The molecule has 0 aliphatic carbocycles. The first kappa shape index (κ1) is 32.6. The van der Waals surface area contributed by atoms with Gasteiger partial charge in [0.05, 0.1) is 32.0 Å². The minimum absolute atomic E-state index is 0.0169. The summed E-state index contributed by atoms with van der Waals surface area (Å²) in [6.07, 6.45) is -3.66. The van der Waals surface area contributed by atoms with E-state index in [-0.39, 0.29) is 53.1 Å². The number of carbonyl (C=O) groups is 3. The number of amidine groups is 1. The molecule has 0 aromatic heterocycles. The Labute approximate surface area is 251 Å². The van der Waals surface area contributed by atoms with Crippen molar-refractivity contribution in [3.8, 4) is 17.2 Å². The van der Waals surface area contributed by atoms with Crippen LogP contribution in [0.4, 0.5) is 23.2 Å². The number of hydrogen-bond acceptors (Lipinski definition) is 9. The van der Waals surface area contributed by atoms with Gasteiger partial charge in [0.15, 0.2) is 29.7 Å². The number of rotatable bonds is 9. The minimum atomic E-state index is -5.34. The van der Waals surface area contributed by atoms with E-state index < -0.39 is 36.0 Å². The van der Waals surface area contributed by atoms with Gasteiger partial charge in [-0.3, -0.25) is 10.2 Å². The van der Waals surface area contributed by atoms with Crippen molar-refractivity contribution < 1.29 is 50.9 Å². The first-order chi connectivity index (χ1) is 20.6. The van der Waals surface area contributed by atoms with Crippen LogP contribution in [-0.4, -0.2) is 75.1 Å². The minimum Gasteiger partial charge on any atom is -0.493 e. The normalized spacial score (nSPS) is 14.9. The quantitative estimate of drug-likeness (QED) is 0.182. The fourth-order valence-corrected chi connectivity index (χ4v) is 5.22. The molecular formula is C30H33F4N3O7. The maximum Gasteiger partial charge on any atom is 0.491 e. The number of fused-ring (bicyclic) bond motifs is 1. The van der Waals surface area contributed by atoms with Crippen molar-refractivity contribution in [2.45, 2.75) is 51.7 Å². The van der Waals surface area contributed by atoms with Crippen molar-refractivity contribution in [2.24, 2.45) is 0 Å². The molecule has 1 fully saturated rings. The molecule has 2 aromatic rings. The molecule has 2 aliphatic rings. The lowest BCUT2D eigenvalue weighted by atomic mass is 9.84. The van der Waals surface area contributed by atoms with E-state index in [4.69, 9.17) is 19.6 Å². The van der Waals surface area contributed by atoms with E-state index in [9.17, 15) is 27.6 Å². The Morgan fingerprint density at radius 2 is 1.64 bits per heavy atom. The lowest BCUT2D eigenvalue weighted by Crippen LogP contribution is -2.31. The molecule has 0 unspecified atom stereocenters. The van der Waals surface area contributed by atoms with Crippen LogP contribution in [0.3, 0.4) is 0 Å². The van der Waals surface area contributed by atoms with Gasteiger partial charge in [0.25, 0.3) is 0 Å². The standard InChI is InChI=1S/C30H33F4N3O7/c1-29(2,3)18-10-16(20(38)14-37-13-17-12-21(41-4)26(42-5)24(31)23(17)27(37)35)11-19(36-8-6-7-9-36)25(18)43-15-22(39)44-28(40)30(32,33)34/h10-12,35H,6-9,13-15H2,1-5H3. The molecule has 0 bridgehead atoms. The van der Waals surface area contributed by atoms with Gasteiger partial charge in [0.2, 0.25) is 0 Å². The van der Waals surface area contributed by atoms with Crippen LogP contribution in [0.5, 0.6) is 17.2 Å². The summed E-state index contributed by atoms with van der Waals surface area (Å²) in [7, 11) is 2.66. The maximum absolute atomic E-state index is 15.2. The number of Topliss-reactive ketones (excluding diaryl/α,β-unsaturated/α-hetero) is 1. The Balaban J connectivity index is 1.65. The van der Waals surface area contributed by atoms with Crippen LogP contribution < -0.4 is 19.1 Å². The number of carbonyl (C=O) groups excluding carboxylic acids is 3. The zero-order valence-corrected chi connectivity index (χ0v) is 24.9. The van der Waals surface area contributed by atoms with E-state index in [1.807, 2.05) is 25.7 Å². The predicted octanol–water partition coefficient (Wildman–Crippen LogP) is 4.78. The second-order valence-corrected chi connectivity index (χ2v) is 11.5. The average Bonchev–Trinajstić information content (AvgIpc) is 3.58. The van der Waals surface area contributed by atoms with Gasteiger partial charge in [0.1, 0.15) is 11.6 Å². The Morgan fingerprint density at radius 1 is 0.977 bits per heavy atom. The summed E-state index contributed by atoms with van der Waals surface area (Å²) in [4.78, 5) is 40.2. The molecule has 2 heterocycles. The Hall–Kier alpha value is -4.36. The average molecular weight is 624 g/mol. The number of ether oxygens (including phenoxy) is 4. The van der Waals surface area contributed by atoms with E-state index in [2.05, 4.69) is 4.74 Å². The summed E-state index contributed by atoms with van der Waals surface area (Å²) >= 11 is 0. The second kappa shape index (κ2) is 12.3. The number of benzene rings is 2. The van der Waals surface area contributed by atoms with Crippen molar-refractivity contribution in [1.29, 1.82) is 5.41 Å². The molecule has 1 saturated heterocycles. The van der Waals surface area contributed by atoms with Gasteiger partial charge < -0.3 is 28.7 Å². The third-order valence-corrected chi connectivity index (χ3v) is 7.36. The van der Waals surface area contributed by atoms with Gasteiger partial charge in [-0.25, -0.2) is 14.0 Å². The lowest BCUT2D eigenvalue weighted by Gasteiger charge is -2.29. The van der Waals surface area contributed by atoms with Crippen LogP contribution in [-0.2, 0) is 26.3 Å². The number of halogens is 4. The summed E-state index contributed by atoms with van der Waals surface area (Å²) in [6.45, 7) is 5.56. The maximum atomic E-state index is 15.2. The highest BCUT2D eigenvalue weighted by molar-refractivity contribution is 6.06. The topological polar surface area (TPSA) is 118 Å². The van der Waals surface area contributed by atoms with Crippen molar-refractivity contribution in [1.82, 2.24) is 4.90 Å². The van der Waals surface area contributed by atoms with Crippen LogP contribution in [0.15, 0.2) is 18.2 Å². The number of esters is 2. The van der Waals surface area contributed by atoms with Crippen molar-refractivity contribution in [3.63, 3.8) is 0 Å². The molecule has 4 rings (SSSR count). The van der Waals surface area contributed by atoms with E-state index in [0.717, 1.165) is 12.8 Å². The van der Waals surface area contributed by atoms with Crippen LogP contribution in [0, 0.1) is 11.2 Å². The van der Waals surface area contributed by atoms with Gasteiger partial charge in [-0.2, -0.15) is 13.2 Å². The first-order valence-corrected chi connectivity index (χ1v) is 13.7. The van der Waals surface area contributed by atoms with Gasteiger partial charge in [0, 0.05) is 30.8 Å². The number of hydrogen-bond donors (Lipinski definition) is 1. The molecule has 238 valence electrons.